The summed E-state index contributed by atoms with van der Waals surface area (Å²) in [4.78, 5) is 24.2. The summed E-state index contributed by atoms with van der Waals surface area (Å²) in [5, 5.41) is 0. The molecule has 0 saturated heterocycles. The summed E-state index contributed by atoms with van der Waals surface area (Å²) in [7, 11) is 0. The van der Waals surface area contributed by atoms with E-state index in [-0.39, 0.29) is 23.9 Å². The van der Waals surface area contributed by atoms with Crippen LogP contribution in [0.5, 0.6) is 0 Å². The Labute approximate surface area is 189 Å². The summed E-state index contributed by atoms with van der Waals surface area (Å²) in [5.74, 6) is -0.0563. The number of fused-ring (bicyclic) bond motifs is 4. The highest BCUT2D eigenvalue weighted by atomic mass is 19.4. The van der Waals surface area contributed by atoms with Crippen molar-refractivity contribution in [3.8, 4) is 0 Å². The fraction of sp³-hybridized carbons (Fsp3) is 0.846. The van der Waals surface area contributed by atoms with Crippen LogP contribution in [0.1, 0.15) is 91.4 Å². The van der Waals surface area contributed by atoms with Gasteiger partial charge < -0.3 is 4.74 Å². The minimum atomic E-state index is -4.94. The predicted octanol–water partition coefficient (Wildman–Crippen LogP) is 6.80. The van der Waals surface area contributed by atoms with E-state index in [4.69, 9.17) is 0 Å². The third-order valence-corrected chi connectivity index (χ3v) is 9.73. The quantitative estimate of drug-likeness (QED) is 0.339. The second-order valence-corrected chi connectivity index (χ2v) is 11.4. The number of halogens is 3. The number of rotatable bonds is 5. The lowest BCUT2D eigenvalue weighted by atomic mass is 9.49. The highest BCUT2D eigenvalue weighted by Crippen LogP contribution is 2.65. The molecule has 0 amide bonds. The molecule has 3 nitrogen and oxygen atoms in total. The highest BCUT2D eigenvalue weighted by molar-refractivity contribution is 6.00. The van der Waals surface area contributed by atoms with Crippen molar-refractivity contribution in [2.75, 3.05) is 6.61 Å². The first-order valence-electron chi connectivity index (χ1n) is 12.5. The number of hydrogen-bond donors (Lipinski definition) is 0. The van der Waals surface area contributed by atoms with E-state index in [2.05, 4.69) is 25.5 Å². The minimum Gasteiger partial charge on any atom is -0.459 e. The van der Waals surface area contributed by atoms with Gasteiger partial charge in [0.1, 0.15) is 0 Å². The van der Waals surface area contributed by atoms with E-state index in [1.54, 1.807) is 0 Å². The first-order chi connectivity index (χ1) is 15.0. The molecular weight excluding hydrogens is 417 g/mol. The smallest absolute Gasteiger partial charge is 0.459 e. The molecule has 1 unspecified atom stereocenters. The van der Waals surface area contributed by atoms with E-state index >= 15 is 0 Å². The van der Waals surface area contributed by atoms with Crippen molar-refractivity contribution in [2.24, 2.45) is 34.5 Å². The van der Waals surface area contributed by atoms with E-state index in [1.807, 2.05) is 0 Å². The highest BCUT2D eigenvalue weighted by Gasteiger charge is 2.57. The maximum Gasteiger partial charge on any atom is 0.490 e. The van der Waals surface area contributed by atoms with Gasteiger partial charge in [0.05, 0.1) is 6.61 Å². The van der Waals surface area contributed by atoms with E-state index in [9.17, 15) is 22.8 Å². The predicted molar refractivity (Wildman–Crippen MR) is 116 cm³/mol. The van der Waals surface area contributed by atoms with Crippen molar-refractivity contribution in [1.82, 2.24) is 0 Å². The molecule has 6 heteroatoms. The molecule has 0 aromatic rings. The number of hydrogen-bond acceptors (Lipinski definition) is 3. The van der Waals surface area contributed by atoms with Crippen LogP contribution in [0.3, 0.4) is 0 Å². The van der Waals surface area contributed by atoms with Gasteiger partial charge in [-0.25, -0.2) is 4.79 Å². The van der Waals surface area contributed by atoms with Gasteiger partial charge in [-0.15, -0.1) is 0 Å². The normalized spacial score (nSPS) is 38.1. The first-order valence-corrected chi connectivity index (χ1v) is 12.5. The molecule has 6 atom stereocenters. The van der Waals surface area contributed by atoms with Crippen molar-refractivity contribution in [3.63, 3.8) is 0 Å². The summed E-state index contributed by atoms with van der Waals surface area (Å²) < 4.78 is 41.3. The minimum absolute atomic E-state index is 0.122. The molecule has 0 bridgehead atoms. The zero-order valence-electron chi connectivity index (χ0n) is 19.7. The summed E-state index contributed by atoms with van der Waals surface area (Å²) in [6.07, 6.45) is 6.36. The number of ether oxygens (including phenoxy) is 1. The second-order valence-electron chi connectivity index (χ2n) is 11.4. The molecule has 4 rings (SSSR count). The number of allylic oxidation sites excluding steroid dienone is 2. The standard InChI is InChI=1S/C26H37F3O3/c1-16(7-6-14-32-23(31)26(27,28)29)20-15-21(30)22-18-10-9-17-8-4-5-12-24(17,2)19(18)11-13-25(20,22)3/h16-17,19-20H,4-15H2,1-3H3/t16-,17?,19+,20-,24+,25-/m1/s1. The van der Waals surface area contributed by atoms with Crippen molar-refractivity contribution in [2.45, 2.75) is 97.6 Å². The van der Waals surface area contributed by atoms with Crippen LogP contribution in [0.25, 0.3) is 0 Å². The molecule has 3 saturated carbocycles. The summed E-state index contributed by atoms with van der Waals surface area (Å²) >= 11 is 0. The molecule has 0 spiro atoms. The number of Topliss-reactive ketones (excluding diaryl/α,β-unsaturated/α-hetero) is 1. The van der Waals surface area contributed by atoms with Crippen molar-refractivity contribution in [1.29, 1.82) is 0 Å². The molecule has 0 N–H and O–H groups in total. The monoisotopic (exact) mass is 454 g/mol. The molecule has 0 aliphatic heterocycles. The van der Waals surface area contributed by atoms with E-state index in [0.29, 0.717) is 36.4 Å². The third kappa shape index (κ3) is 3.94. The van der Waals surface area contributed by atoms with Crippen LogP contribution in [0.4, 0.5) is 13.2 Å². The van der Waals surface area contributed by atoms with Crippen LogP contribution in [0.15, 0.2) is 11.1 Å². The lowest BCUT2D eigenvalue weighted by Crippen LogP contribution is -2.46. The molecular formula is C26H37F3O3. The molecule has 0 heterocycles. The molecule has 0 radical (unpaired) electrons. The van der Waals surface area contributed by atoms with Crippen LogP contribution < -0.4 is 0 Å². The molecule has 0 aromatic heterocycles. The van der Waals surface area contributed by atoms with Gasteiger partial charge in [-0.2, -0.15) is 13.2 Å². The topological polar surface area (TPSA) is 43.4 Å². The Morgan fingerprint density at radius 3 is 2.62 bits per heavy atom. The Hall–Kier alpha value is -1.33. The van der Waals surface area contributed by atoms with Crippen LogP contribution in [-0.2, 0) is 14.3 Å². The van der Waals surface area contributed by atoms with Crippen molar-refractivity contribution in [3.05, 3.63) is 11.1 Å². The average Bonchev–Trinajstić information content (AvgIpc) is 3.00. The van der Waals surface area contributed by atoms with Gasteiger partial charge in [-0.1, -0.05) is 39.2 Å². The number of ketones is 1. The largest absolute Gasteiger partial charge is 0.490 e. The maximum atomic E-state index is 13.3. The summed E-state index contributed by atoms with van der Waals surface area (Å²) in [6.45, 7) is 6.62. The summed E-state index contributed by atoms with van der Waals surface area (Å²) in [6, 6.07) is 0. The van der Waals surface area contributed by atoms with Crippen LogP contribution in [0, 0.1) is 34.5 Å². The van der Waals surface area contributed by atoms with Gasteiger partial charge in [0, 0.05) is 12.0 Å². The van der Waals surface area contributed by atoms with E-state index < -0.39 is 12.1 Å². The second kappa shape index (κ2) is 8.47. The van der Waals surface area contributed by atoms with Gasteiger partial charge in [0.2, 0.25) is 0 Å². The number of carbonyl (C=O) groups is 2. The van der Waals surface area contributed by atoms with Gasteiger partial charge in [-0.3, -0.25) is 4.79 Å². The Morgan fingerprint density at radius 1 is 1.16 bits per heavy atom. The van der Waals surface area contributed by atoms with E-state index in [0.717, 1.165) is 30.8 Å². The fourth-order valence-corrected chi connectivity index (χ4v) is 8.08. The first kappa shape index (κ1) is 23.8. The molecule has 3 fully saturated rings. The lowest BCUT2D eigenvalue weighted by molar-refractivity contribution is -0.199. The Kier molecular flexibility index (Phi) is 6.30. The van der Waals surface area contributed by atoms with Crippen molar-refractivity contribution >= 4 is 11.8 Å². The fourth-order valence-electron chi connectivity index (χ4n) is 8.08. The lowest BCUT2D eigenvalue weighted by Gasteiger charge is -2.55. The maximum absolute atomic E-state index is 13.3. The average molecular weight is 455 g/mol. The van der Waals surface area contributed by atoms with Gasteiger partial charge >= 0.3 is 12.1 Å². The van der Waals surface area contributed by atoms with Crippen LogP contribution >= 0.6 is 0 Å². The summed E-state index contributed by atoms with van der Waals surface area (Å²) in [5.41, 5.74) is 2.80. The van der Waals surface area contributed by atoms with Crippen LogP contribution in [-0.4, -0.2) is 24.5 Å². The van der Waals surface area contributed by atoms with Crippen LogP contribution in [0.2, 0.25) is 0 Å². The molecule has 4 aliphatic carbocycles. The zero-order valence-corrected chi connectivity index (χ0v) is 19.7. The van der Waals surface area contributed by atoms with Gasteiger partial charge in [0.15, 0.2) is 5.78 Å². The molecule has 0 aromatic carbocycles. The molecule has 180 valence electrons. The SMILES string of the molecule is C[C@H](CCCOC(=O)C(F)(F)F)[C@H]1CC(=O)C2=C3CCC4CCCC[C@]4(C)[C@H]3CC[C@@]21C. The van der Waals surface area contributed by atoms with Gasteiger partial charge in [0.25, 0.3) is 0 Å². The molecule has 4 aliphatic rings. The Bertz CT molecular complexity index is 801. The van der Waals surface area contributed by atoms with E-state index in [1.165, 1.54) is 37.7 Å². The third-order valence-electron chi connectivity index (χ3n) is 9.73. The van der Waals surface area contributed by atoms with Gasteiger partial charge in [-0.05, 0) is 85.9 Å². The number of carbonyl (C=O) groups excluding carboxylic acids is 2. The number of esters is 1. The zero-order chi connectivity index (χ0) is 23.3. The Morgan fingerprint density at radius 2 is 1.91 bits per heavy atom. The molecule has 32 heavy (non-hydrogen) atoms. The Balaban J connectivity index is 1.46. The number of alkyl halides is 3. The van der Waals surface area contributed by atoms with Crippen molar-refractivity contribution < 1.29 is 27.5 Å².